The zero-order chi connectivity index (χ0) is 19.4. The van der Waals surface area contributed by atoms with E-state index < -0.39 is 0 Å². The monoisotopic (exact) mass is 383 g/mol. The van der Waals surface area contributed by atoms with Gasteiger partial charge in [0, 0.05) is 56.9 Å². The van der Waals surface area contributed by atoms with Crippen molar-refractivity contribution in [1.82, 2.24) is 24.4 Å². The molecule has 2 saturated heterocycles. The third kappa shape index (κ3) is 2.62. The predicted octanol–water partition coefficient (Wildman–Crippen LogP) is 1.12. The van der Waals surface area contributed by atoms with E-state index in [1.165, 1.54) is 5.69 Å². The topological polar surface area (TPSA) is 80.0 Å². The predicted molar refractivity (Wildman–Crippen MR) is 101 cm³/mol. The molecule has 3 atom stereocenters. The van der Waals surface area contributed by atoms with E-state index in [0.717, 1.165) is 36.2 Å². The van der Waals surface area contributed by atoms with Crippen LogP contribution in [0.3, 0.4) is 0 Å². The molecule has 0 radical (unpaired) electrons. The van der Waals surface area contributed by atoms with E-state index >= 15 is 0 Å². The number of carbonyl (C=O) groups is 2. The Morgan fingerprint density at radius 2 is 2.18 bits per heavy atom. The maximum atomic E-state index is 13.4. The van der Waals surface area contributed by atoms with E-state index in [2.05, 4.69) is 10.1 Å². The van der Waals surface area contributed by atoms with E-state index in [-0.39, 0.29) is 29.8 Å². The Morgan fingerprint density at radius 1 is 1.32 bits per heavy atom. The molecular formula is C20H25N5O3. The van der Waals surface area contributed by atoms with Crippen LogP contribution in [0.5, 0.6) is 0 Å². The number of nitrogens with zero attached hydrogens (tertiary/aromatic N) is 5. The molecule has 3 aliphatic rings. The molecule has 0 aliphatic carbocycles. The van der Waals surface area contributed by atoms with Crippen LogP contribution in [0.1, 0.15) is 42.3 Å². The van der Waals surface area contributed by atoms with Gasteiger partial charge < -0.3 is 14.5 Å². The molecule has 148 valence electrons. The van der Waals surface area contributed by atoms with Crippen molar-refractivity contribution in [3.05, 3.63) is 29.2 Å². The molecule has 2 aromatic heterocycles. The second-order valence-corrected chi connectivity index (χ2v) is 8.15. The molecule has 5 heterocycles. The Bertz CT molecular complexity index is 955. The van der Waals surface area contributed by atoms with Gasteiger partial charge in [-0.15, -0.1) is 0 Å². The minimum atomic E-state index is -0.252. The molecule has 8 nitrogen and oxygen atoms in total. The first kappa shape index (κ1) is 17.6. The van der Waals surface area contributed by atoms with Crippen molar-refractivity contribution in [3.8, 4) is 0 Å². The first-order chi connectivity index (χ1) is 13.6. The second kappa shape index (κ2) is 6.55. The van der Waals surface area contributed by atoms with Crippen LogP contribution in [0.25, 0.3) is 5.65 Å². The van der Waals surface area contributed by atoms with Gasteiger partial charge in [-0.1, -0.05) is 0 Å². The highest BCUT2D eigenvalue weighted by molar-refractivity contribution is 5.90. The van der Waals surface area contributed by atoms with E-state index in [1.807, 2.05) is 28.6 Å². The number of aryl methyl sites for hydroxylation is 1. The first-order valence-electron chi connectivity index (χ1n) is 10.00. The number of rotatable bonds is 4. The zero-order valence-electron chi connectivity index (χ0n) is 16.3. The van der Waals surface area contributed by atoms with Gasteiger partial charge in [-0.05, 0) is 19.8 Å². The Balaban J connectivity index is 1.41. The minimum Gasteiger partial charge on any atom is -0.383 e. The van der Waals surface area contributed by atoms with E-state index in [4.69, 9.17) is 4.74 Å². The Kier molecular flexibility index (Phi) is 4.12. The third-order valence-corrected chi connectivity index (χ3v) is 6.41. The van der Waals surface area contributed by atoms with E-state index in [9.17, 15) is 9.59 Å². The summed E-state index contributed by atoms with van der Waals surface area (Å²) in [4.78, 5) is 34.0. The Hall–Kier alpha value is -2.48. The van der Waals surface area contributed by atoms with Gasteiger partial charge in [0.05, 0.1) is 30.0 Å². The molecule has 2 aromatic rings. The fraction of sp³-hybridized carbons (Fsp3) is 0.600. The summed E-state index contributed by atoms with van der Waals surface area (Å²) in [5.74, 6) is -0.0867. The van der Waals surface area contributed by atoms with Crippen molar-refractivity contribution in [2.45, 2.75) is 44.7 Å². The smallest absolute Gasteiger partial charge is 0.228 e. The van der Waals surface area contributed by atoms with Crippen LogP contribution >= 0.6 is 0 Å². The molecule has 0 saturated carbocycles. The molecular weight excluding hydrogens is 358 g/mol. The lowest BCUT2D eigenvalue weighted by Crippen LogP contribution is -2.46. The third-order valence-electron chi connectivity index (χ3n) is 6.41. The van der Waals surface area contributed by atoms with Crippen LogP contribution in [-0.4, -0.2) is 69.1 Å². The van der Waals surface area contributed by atoms with Crippen LogP contribution in [-0.2, 0) is 20.7 Å². The molecule has 2 fully saturated rings. The lowest BCUT2D eigenvalue weighted by atomic mass is 9.96. The van der Waals surface area contributed by atoms with Crippen LogP contribution in [0.15, 0.2) is 12.3 Å². The molecule has 3 aliphatic heterocycles. The quantitative estimate of drug-likeness (QED) is 0.791. The first-order valence-corrected chi connectivity index (χ1v) is 10.00. The van der Waals surface area contributed by atoms with Crippen molar-refractivity contribution >= 4 is 17.5 Å². The average molecular weight is 383 g/mol. The van der Waals surface area contributed by atoms with Gasteiger partial charge in [-0.2, -0.15) is 5.10 Å². The van der Waals surface area contributed by atoms with Crippen molar-refractivity contribution in [1.29, 1.82) is 0 Å². The van der Waals surface area contributed by atoms with Gasteiger partial charge in [0.2, 0.25) is 11.8 Å². The maximum absolute atomic E-state index is 13.4. The SMILES string of the molecule is COCCN1C[C@@H](C(=O)N2[C@H]3CC[C@H]2c2cnc4cc(C)nn4c2C3)CC1=O. The number of ether oxygens (including phenoxy) is 1. The van der Waals surface area contributed by atoms with Crippen LogP contribution in [0.2, 0.25) is 0 Å². The van der Waals surface area contributed by atoms with Crippen molar-refractivity contribution in [2.24, 2.45) is 5.92 Å². The number of hydrogen-bond acceptors (Lipinski definition) is 5. The number of methoxy groups -OCH3 is 1. The van der Waals surface area contributed by atoms with Gasteiger partial charge in [-0.25, -0.2) is 9.50 Å². The number of hydrogen-bond donors (Lipinski definition) is 0. The van der Waals surface area contributed by atoms with Crippen molar-refractivity contribution < 1.29 is 14.3 Å². The fourth-order valence-corrected chi connectivity index (χ4v) is 5.10. The maximum Gasteiger partial charge on any atom is 0.228 e. The number of carbonyl (C=O) groups excluding carboxylic acids is 2. The minimum absolute atomic E-state index is 0.0470. The standard InChI is InChI=1S/C20H25N5O3/c1-12-7-18-21-10-15-16-4-3-14(9-17(15)25(18)22-12)24(16)20(27)13-8-19(26)23(11-13)5-6-28-2/h7,10,13-14,16H,3-6,8-9,11H2,1-2H3/t13-,14-,16-/m0/s1. The molecule has 5 rings (SSSR count). The van der Waals surface area contributed by atoms with Crippen LogP contribution < -0.4 is 0 Å². The fourth-order valence-electron chi connectivity index (χ4n) is 5.10. The van der Waals surface area contributed by atoms with Gasteiger partial charge in [0.1, 0.15) is 0 Å². The molecule has 0 aromatic carbocycles. The number of amides is 2. The molecule has 0 N–H and O–H groups in total. The van der Waals surface area contributed by atoms with Gasteiger partial charge >= 0.3 is 0 Å². The van der Waals surface area contributed by atoms with Crippen molar-refractivity contribution in [2.75, 3.05) is 26.8 Å². The van der Waals surface area contributed by atoms with Gasteiger partial charge in [0.25, 0.3) is 0 Å². The summed E-state index contributed by atoms with van der Waals surface area (Å²) in [7, 11) is 1.62. The van der Waals surface area contributed by atoms with E-state index in [1.54, 1.807) is 12.0 Å². The summed E-state index contributed by atoms with van der Waals surface area (Å²) in [6.45, 7) is 3.52. The lowest BCUT2D eigenvalue weighted by molar-refractivity contribution is -0.139. The highest BCUT2D eigenvalue weighted by Crippen LogP contribution is 2.44. The summed E-state index contributed by atoms with van der Waals surface area (Å²) in [6, 6.07) is 2.22. The largest absolute Gasteiger partial charge is 0.383 e. The summed E-state index contributed by atoms with van der Waals surface area (Å²) < 4.78 is 7.03. The van der Waals surface area contributed by atoms with Gasteiger partial charge in [-0.3, -0.25) is 9.59 Å². The molecule has 0 unspecified atom stereocenters. The van der Waals surface area contributed by atoms with Gasteiger partial charge in [0.15, 0.2) is 5.65 Å². The highest BCUT2D eigenvalue weighted by Gasteiger charge is 2.47. The van der Waals surface area contributed by atoms with Crippen LogP contribution in [0.4, 0.5) is 0 Å². The Morgan fingerprint density at radius 3 is 3.00 bits per heavy atom. The molecule has 2 amide bonds. The second-order valence-electron chi connectivity index (χ2n) is 8.15. The molecule has 28 heavy (non-hydrogen) atoms. The summed E-state index contributed by atoms with van der Waals surface area (Å²) in [5, 5.41) is 4.61. The number of aromatic nitrogens is 3. The number of fused-ring (bicyclic) bond motifs is 6. The van der Waals surface area contributed by atoms with Crippen LogP contribution in [0, 0.1) is 12.8 Å². The summed E-state index contributed by atoms with van der Waals surface area (Å²) in [5.41, 5.74) is 4.11. The Labute approximate surface area is 163 Å². The van der Waals surface area contributed by atoms with E-state index in [0.29, 0.717) is 26.1 Å². The normalized spacial score (nSPS) is 26.4. The summed E-state index contributed by atoms with van der Waals surface area (Å²) in [6.07, 6.45) is 4.96. The van der Waals surface area contributed by atoms with Crippen molar-refractivity contribution in [3.63, 3.8) is 0 Å². The highest BCUT2D eigenvalue weighted by atomic mass is 16.5. The molecule has 8 heteroatoms. The lowest BCUT2D eigenvalue weighted by Gasteiger charge is -2.37. The average Bonchev–Trinajstić information content (AvgIpc) is 3.33. The summed E-state index contributed by atoms with van der Waals surface area (Å²) >= 11 is 0. The molecule has 2 bridgehead atoms. The number of likely N-dealkylation sites (tertiary alicyclic amines) is 1. The zero-order valence-corrected chi connectivity index (χ0v) is 16.3. The molecule has 0 spiro atoms.